The van der Waals surface area contributed by atoms with Crippen molar-refractivity contribution in [3.63, 3.8) is 0 Å². The molecule has 0 saturated heterocycles. The Balaban J connectivity index is 1.72. The molecule has 6 nitrogen and oxygen atoms in total. The first-order chi connectivity index (χ1) is 15.6. The quantitative estimate of drug-likeness (QED) is 0.427. The summed E-state index contributed by atoms with van der Waals surface area (Å²) in [4.78, 5) is 49.7. The van der Waals surface area contributed by atoms with E-state index in [1.807, 2.05) is 13.0 Å². The molecule has 180 valence electrons. The number of Topliss-reactive ketones (excluding diaryl/α,β-unsaturated/α-hetero) is 1. The summed E-state index contributed by atoms with van der Waals surface area (Å²) in [6.07, 6.45) is 10.2. The molecule has 4 aliphatic carbocycles. The van der Waals surface area contributed by atoms with Gasteiger partial charge in [0.25, 0.3) is 0 Å². The number of rotatable bonds is 6. The van der Waals surface area contributed by atoms with Crippen LogP contribution in [0.1, 0.15) is 85.5 Å². The smallest absolute Gasteiger partial charge is 0.306 e. The van der Waals surface area contributed by atoms with E-state index in [9.17, 15) is 19.2 Å². The van der Waals surface area contributed by atoms with Gasteiger partial charge in [-0.25, -0.2) is 0 Å². The first kappa shape index (κ1) is 23.9. The highest BCUT2D eigenvalue weighted by Gasteiger charge is 2.67. The molecule has 0 heterocycles. The van der Waals surface area contributed by atoms with E-state index in [-0.39, 0.29) is 41.9 Å². The lowest BCUT2D eigenvalue weighted by Gasteiger charge is -2.55. The van der Waals surface area contributed by atoms with Crippen molar-refractivity contribution in [3.05, 3.63) is 23.3 Å². The standard InChI is InChI=1S/C27H36O6/c1-5-6-24(31)33-27(23(30)16-32-17(2)28)14-11-22-20-8-7-18-15-19(29)9-12-25(18,3)21(20)10-13-26(22,27)4/h10,15,20,22H,5-9,11-14,16H2,1-4H3/t20-,22+,25+,26+,27+/m1/s1. The molecule has 0 bridgehead atoms. The fourth-order valence-corrected chi connectivity index (χ4v) is 7.27. The number of allylic oxidation sites excluding steroid dienone is 4. The Morgan fingerprint density at radius 3 is 2.58 bits per heavy atom. The highest BCUT2D eigenvalue weighted by atomic mass is 16.6. The van der Waals surface area contributed by atoms with E-state index in [1.165, 1.54) is 18.1 Å². The van der Waals surface area contributed by atoms with Crippen molar-refractivity contribution in [1.29, 1.82) is 0 Å². The van der Waals surface area contributed by atoms with Crippen molar-refractivity contribution < 1.29 is 28.7 Å². The summed E-state index contributed by atoms with van der Waals surface area (Å²) < 4.78 is 11.1. The maximum atomic E-state index is 13.5. The average molecular weight is 457 g/mol. The second kappa shape index (κ2) is 8.52. The SMILES string of the molecule is CCCC(=O)O[C@]1(C(=O)COC(C)=O)CC[C@H]2[C@@H]3CCC4=CC(=O)CC[C@]4(C)C3=CC[C@@]21C. The van der Waals surface area contributed by atoms with Gasteiger partial charge >= 0.3 is 11.9 Å². The Kier molecular flexibility index (Phi) is 6.17. The molecule has 0 spiro atoms. The van der Waals surface area contributed by atoms with Crippen molar-refractivity contribution in [3.8, 4) is 0 Å². The van der Waals surface area contributed by atoms with Gasteiger partial charge in [0, 0.05) is 30.6 Å². The minimum atomic E-state index is -1.28. The molecule has 0 N–H and O–H groups in total. The Morgan fingerprint density at radius 1 is 1.12 bits per heavy atom. The molecule has 5 atom stereocenters. The highest BCUT2D eigenvalue weighted by Crippen LogP contribution is 2.66. The Morgan fingerprint density at radius 2 is 1.88 bits per heavy atom. The van der Waals surface area contributed by atoms with Gasteiger partial charge in [-0.05, 0) is 62.9 Å². The van der Waals surface area contributed by atoms with Gasteiger partial charge in [-0.15, -0.1) is 0 Å². The summed E-state index contributed by atoms with van der Waals surface area (Å²) in [5.41, 5.74) is 0.724. The number of ketones is 2. The number of carbonyl (C=O) groups excluding carboxylic acids is 4. The monoisotopic (exact) mass is 456 g/mol. The molecule has 2 fully saturated rings. The Hall–Kier alpha value is -2.24. The van der Waals surface area contributed by atoms with Crippen LogP contribution >= 0.6 is 0 Å². The number of fused-ring (bicyclic) bond motifs is 5. The van der Waals surface area contributed by atoms with Crippen LogP contribution in [-0.4, -0.2) is 35.7 Å². The number of carbonyl (C=O) groups is 4. The molecule has 0 radical (unpaired) electrons. The molecule has 0 aliphatic heterocycles. The molecule has 0 unspecified atom stereocenters. The summed E-state index contributed by atoms with van der Waals surface area (Å²) in [5.74, 6) is -0.473. The third-order valence-corrected chi connectivity index (χ3v) is 9.06. The van der Waals surface area contributed by atoms with Crippen LogP contribution in [0.15, 0.2) is 23.3 Å². The van der Waals surface area contributed by atoms with E-state index in [0.29, 0.717) is 31.6 Å². The van der Waals surface area contributed by atoms with E-state index in [0.717, 1.165) is 25.7 Å². The second-order valence-electron chi connectivity index (χ2n) is 10.8. The van der Waals surface area contributed by atoms with Crippen LogP contribution in [-0.2, 0) is 28.7 Å². The van der Waals surface area contributed by atoms with Crippen LogP contribution in [0.5, 0.6) is 0 Å². The third kappa shape index (κ3) is 3.70. The van der Waals surface area contributed by atoms with Crippen LogP contribution in [0, 0.1) is 22.7 Å². The van der Waals surface area contributed by atoms with Gasteiger partial charge in [0.15, 0.2) is 18.0 Å². The molecule has 0 aromatic carbocycles. The second-order valence-corrected chi connectivity index (χ2v) is 10.8. The first-order valence-corrected chi connectivity index (χ1v) is 12.4. The van der Waals surface area contributed by atoms with Crippen LogP contribution < -0.4 is 0 Å². The summed E-state index contributed by atoms with van der Waals surface area (Å²) in [7, 11) is 0. The van der Waals surface area contributed by atoms with E-state index >= 15 is 0 Å². The largest absolute Gasteiger partial charge is 0.458 e. The van der Waals surface area contributed by atoms with Crippen LogP contribution in [0.3, 0.4) is 0 Å². The summed E-state index contributed by atoms with van der Waals surface area (Å²) in [6.45, 7) is 7.17. The predicted molar refractivity (Wildman–Crippen MR) is 122 cm³/mol. The predicted octanol–water partition coefficient (Wildman–Crippen LogP) is 4.65. The van der Waals surface area contributed by atoms with Gasteiger partial charge in [-0.3, -0.25) is 19.2 Å². The summed E-state index contributed by atoms with van der Waals surface area (Å²) in [5, 5.41) is 0. The molecule has 2 saturated carbocycles. The van der Waals surface area contributed by atoms with Crippen LogP contribution in [0.2, 0.25) is 0 Å². The van der Waals surface area contributed by atoms with Crippen molar-refractivity contribution >= 4 is 23.5 Å². The first-order valence-electron chi connectivity index (χ1n) is 12.4. The molecule has 6 heteroatoms. The molecular formula is C27H36O6. The molecule has 4 rings (SSSR count). The minimum Gasteiger partial charge on any atom is -0.458 e. The lowest BCUT2D eigenvalue weighted by Crippen LogP contribution is -2.58. The zero-order valence-corrected chi connectivity index (χ0v) is 20.3. The minimum absolute atomic E-state index is 0.0932. The average Bonchev–Trinajstić information content (AvgIpc) is 3.05. The lowest BCUT2D eigenvalue weighted by molar-refractivity contribution is -0.186. The third-order valence-electron chi connectivity index (χ3n) is 9.06. The highest BCUT2D eigenvalue weighted by molar-refractivity contribution is 5.93. The van der Waals surface area contributed by atoms with Crippen molar-refractivity contribution in [2.75, 3.05) is 6.61 Å². The van der Waals surface area contributed by atoms with Crippen LogP contribution in [0.25, 0.3) is 0 Å². The lowest BCUT2D eigenvalue weighted by atomic mass is 9.50. The van der Waals surface area contributed by atoms with Gasteiger partial charge in [-0.1, -0.05) is 38.0 Å². The van der Waals surface area contributed by atoms with Gasteiger partial charge in [-0.2, -0.15) is 0 Å². The Bertz CT molecular complexity index is 944. The van der Waals surface area contributed by atoms with Crippen LogP contribution in [0.4, 0.5) is 0 Å². The topological polar surface area (TPSA) is 86.7 Å². The normalized spacial score (nSPS) is 37.2. The maximum Gasteiger partial charge on any atom is 0.306 e. The van der Waals surface area contributed by atoms with Gasteiger partial charge < -0.3 is 9.47 Å². The summed E-state index contributed by atoms with van der Waals surface area (Å²) in [6, 6.07) is 0. The molecule has 4 aliphatic rings. The number of ether oxygens (including phenoxy) is 2. The zero-order valence-electron chi connectivity index (χ0n) is 20.3. The Labute approximate surface area is 196 Å². The molecule has 0 aromatic heterocycles. The number of esters is 2. The van der Waals surface area contributed by atoms with Crippen molar-refractivity contribution in [2.45, 2.75) is 91.1 Å². The maximum absolute atomic E-state index is 13.5. The molecular weight excluding hydrogens is 420 g/mol. The molecule has 0 aromatic rings. The van der Waals surface area contributed by atoms with Gasteiger partial charge in [0.2, 0.25) is 5.78 Å². The fourth-order valence-electron chi connectivity index (χ4n) is 7.27. The fraction of sp³-hybridized carbons (Fsp3) is 0.704. The van der Waals surface area contributed by atoms with Gasteiger partial charge in [0.05, 0.1) is 0 Å². The van der Waals surface area contributed by atoms with E-state index in [2.05, 4.69) is 19.9 Å². The number of hydrogen-bond donors (Lipinski definition) is 0. The summed E-state index contributed by atoms with van der Waals surface area (Å²) >= 11 is 0. The van der Waals surface area contributed by atoms with Gasteiger partial charge in [0.1, 0.15) is 0 Å². The van der Waals surface area contributed by atoms with E-state index in [1.54, 1.807) is 0 Å². The van der Waals surface area contributed by atoms with E-state index in [4.69, 9.17) is 9.47 Å². The van der Waals surface area contributed by atoms with Crippen molar-refractivity contribution in [1.82, 2.24) is 0 Å². The molecule has 0 amide bonds. The van der Waals surface area contributed by atoms with Crippen molar-refractivity contribution in [2.24, 2.45) is 22.7 Å². The number of hydrogen-bond acceptors (Lipinski definition) is 6. The molecule has 33 heavy (non-hydrogen) atoms. The zero-order chi connectivity index (χ0) is 24.0. The van der Waals surface area contributed by atoms with E-state index < -0.39 is 17.0 Å².